The molecule has 6 rings (SSSR count). The van der Waals surface area contributed by atoms with Crippen LogP contribution in [-0.4, -0.2) is 28.1 Å². The van der Waals surface area contributed by atoms with Gasteiger partial charge in [-0.1, -0.05) is 12.2 Å². The Balaban J connectivity index is 1.53. The molecule has 1 aromatic rings. The van der Waals surface area contributed by atoms with E-state index in [0.717, 1.165) is 42.1 Å². The molecule has 5 aliphatic rings. The first kappa shape index (κ1) is 14.5. The maximum absolute atomic E-state index is 11.9. The van der Waals surface area contributed by atoms with Crippen LogP contribution in [0.5, 0.6) is 0 Å². The van der Waals surface area contributed by atoms with Gasteiger partial charge in [0.05, 0.1) is 23.0 Å². The van der Waals surface area contributed by atoms with E-state index < -0.39 is 5.91 Å². The van der Waals surface area contributed by atoms with E-state index in [2.05, 4.69) is 16.4 Å². The summed E-state index contributed by atoms with van der Waals surface area (Å²) in [6.45, 7) is 0. The van der Waals surface area contributed by atoms with Crippen molar-refractivity contribution in [3.05, 3.63) is 29.1 Å². The standard InChI is InChI=1S/C19H23N3O2/c20-19(24)14-8-21-15-3-1-2-12(15)17(14)22-16-10-4-9-5-11(7-10)18(23)13(16)6-9/h1-2,8-11,13,16,18,23H,3-7H2,(H2,20,24)(H,21,22)/t9?,10-,11+,13-,16-,18-/m1/s1. The van der Waals surface area contributed by atoms with Gasteiger partial charge in [-0.2, -0.15) is 0 Å². The zero-order chi connectivity index (χ0) is 16.4. The average molecular weight is 325 g/mol. The van der Waals surface area contributed by atoms with Crippen molar-refractivity contribution in [2.24, 2.45) is 29.4 Å². The fourth-order valence-corrected chi connectivity index (χ4v) is 5.81. The molecule has 4 N–H and O–H groups in total. The highest BCUT2D eigenvalue weighted by molar-refractivity contribution is 6.00. The van der Waals surface area contributed by atoms with Crippen LogP contribution in [0.4, 0.5) is 5.69 Å². The van der Waals surface area contributed by atoms with Gasteiger partial charge in [0, 0.05) is 30.1 Å². The molecule has 1 aromatic heterocycles. The van der Waals surface area contributed by atoms with Crippen LogP contribution >= 0.6 is 0 Å². The van der Waals surface area contributed by atoms with Crippen LogP contribution in [0.2, 0.25) is 0 Å². The topological polar surface area (TPSA) is 88.2 Å². The summed E-state index contributed by atoms with van der Waals surface area (Å²) in [7, 11) is 0. The third-order valence-corrected chi connectivity index (χ3v) is 6.75. The molecule has 0 aromatic carbocycles. The van der Waals surface area contributed by atoms with Crippen molar-refractivity contribution >= 4 is 17.7 Å². The summed E-state index contributed by atoms with van der Waals surface area (Å²) in [6, 6.07) is 0.228. The lowest BCUT2D eigenvalue weighted by molar-refractivity contribution is -0.0993. The van der Waals surface area contributed by atoms with Crippen LogP contribution in [-0.2, 0) is 6.42 Å². The number of carbonyl (C=O) groups is 1. The van der Waals surface area contributed by atoms with Gasteiger partial charge in [0.2, 0.25) is 0 Å². The molecule has 1 amide bonds. The molecule has 1 unspecified atom stereocenters. The molecule has 6 atom stereocenters. The maximum Gasteiger partial charge on any atom is 0.252 e. The molecule has 0 radical (unpaired) electrons. The predicted molar refractivity (Wildman–Crippen MR) is 91.3 cm³/mol. The van der Waals surface area contributed by atoms with Gasteiger partial charge in [0.15, 0.2) is 0 Å². The first-order valence-corrected chi connectivity index (χ1v) is 9.04. The van der Waals surface area contributed by atoms with E-state index in [1.54, 1.807) is 6.20 Å². The number of aliphatic hydroxyl groups is 1. The van der Waals surface area contributed by atoms with Crippen molar-refractivity contribution in [1.82, 2.24) is 4.98 Å². The number of anilines is 1. The fourth-order valence-electron chi connectivity index (χ4n) is 5.81. The van der Waals surface area contributed by atoms with Crippen LogP contribution in [0.25, 0.3) is 6.08 Å². The Labute approximate surface area is 141 Å². The summed E-state index contributed by atoms with van der Waals surface area (Å²) in [6.07, 6.45) is 10.9. The molecule has 24 heavy (non-hydrogen) atoms. The van der Waals surface area contributed by atoms with Gasteiger partial charge < -0.3 is 16.2 Å². The van der Waals surface area contributed by atoms with Gasteiger partial charge >= 0.3 is 0 Å². The molecule has 0 spiro atoms. The number of allylic oxidation sites excluding steroid dienone is 1. The Hall–Kier alpha value is -1.88. The fraction of sp³-hybridized carbons (Fsp3) is 0.579. The quantitative estimate of drug-likeness (QED) is 0.792. The van der Waals surface area contributed by atoms with E-state index in [0.29, 0.717) is 17.4 Å². The van der Waals surface area contributed by atoms with Crippen LogP contribution in [0.15, 0.2) is 12.3 Å². The van der Waals surface area contributed by atoms with E-state index in [4.69, 9.17) is 5.73 Å². The number of nitrogens with two attached hydrogens (primary N) is 1. The predicted octanol–water partition coefficient (Wildman–Crippen LogP) is 1.96. The Bertz CT molecular complexity index is 744. The van der Waals surface area contributed by atoms with Gasteiger partial charge in [0.1, 0.15) is 0 Å². The number of hydrogen-bond acceptors (Lipinski definition) is 4. The summed E-state index contributed by atoms with van der Waals surface area (Å²) in [5.74, 6) is 1.68. The lowest BCUT2D eigenvalue weighted by Gasteiger charge is -2.57. The van der Waals surface area contributed by atoms with E-state index in [9.17, 15) is 9.90 Å². The van der Waals surface area contributed by atoms with E-state index in [1.165, 1.54) is 12.8 Å². The second-order valence-corrected chi connectivity index (χ2v) is 8.03. The van der Waals surface area contributed by atoms with Gasteiger partial charge in [-0.25, -0.2) is 0 Å². The lowest BCUT2D eigenvalue weighted by atomic mass is 9.53. The molecule has 5 nitrogen and oxygen atoms in total. The monoisotopic (exact) mass is 325 g/mol. The highest BCUT2D eigenvalue weighted by atomic mass is 16.3. The average Bonchev–Trinajstić information content (AvgIpc) is 3.03. The zero-order valence-corrected chi connectivity index (χ0v) is 13.6. The highest BCUT2D eigenvalue weighted by Gasteiger charge is 2.53. The molecule has 0 saturated heterocycles. The molecule has 4 saturated carbocycles. The number of rotatable bonds is 3. The molecule has 5 aliphatic carbocycles. The Morgan fingerprint density at radius 2 is 2.08 bits per heavy atom. The third-order valence-electron chi connectivity index (χ3n) is 6.75. The van der Waals surface area contributed by atoms with Crippen molar-refractivity contribution in [2.45, 2.75) is 44.2 Å². The maximum atomic E-state index is 11.9. The van der Waals surface area contributed by atoms with E-state index in [1.807, 2.05) is 6.08 Å². The normalized spacial score (nSPS) is 38.4. The Morgan fingerprint density at radius 1 is 1.25 bits per heavy atom. The molecule has 1 heterocycles. The van der Waals surface area contributed by atoms with Crippen LogP contribution in [0.1, 0.15) is 47.3 Å². The molecular formula is C19H23N3O2. The van der Waals surface area contributed by atoms with Gasteiger partial charge in [-0.3, -0.25) is 9.78 Å². The minimum atomic E-state index is -0.447. The first-order chi connectivity index (χ1) is 11.6. The van der Waals surface area contributed by atoms with Gasteiger partial charge in [0.25, 0.3) is 5.91 Å². The zero-order valence-electron chi connectivity index (χ0n) is 13.6. The smallest absolute Gasteiger partial charge is 0.252 e. The third kappa shape index (κ3) is 1.97. The number of pyridine rings is 1. The highest BCUT2D eigenvalue weighted by Crippen LogP contribution is 2.54. The summed E-state index contributed by atoms with van der Waals surface area (Å²) >= 11 is 0. The Morgan fingerprint density at radius 3 is 2.92 bits per heavy atom. The van der Waals surface area contributed by atoms with Gasteiger partial charge in [-0.05, 0) is 43.4 Å². The van der Waals surface area contributed by atoms with Crippen LogP contribution < -0.4 is 11.1 Å². The minimum Gasteiger partial charge on any atom is -0.392 e. The van der Waals surface area contributed by atoms with Crippen molar-refractivity contribution in [3.8, 4) is 0 Å². The molecule has 5 heteroatoms. The summed E-state index contributed by atoms with van der Waals surface area (Å²) < 4.78 is 0. The number of amides is 1. The lowest BCUT2D eigenvalue weighted by Crippen LogP contribution is -2.58. The number of fused-ring (bicyclic) bond motifs is 1. The Kier molecular flexibility index (Phi) is 3.05. The van der Waals surface area contributed by atoms with E-state index >= 15 is 0 Å². The molecule has 4 bridgehead atoms. The number of carbonyl (C=O) groups excluding carboxylic acids is 1. The molecule has 4 fully saturated rings. The second-order valence-electron chi connectivity index (χ2n) is 8.03. The largest absolute Gasteiger partial charge is 0.392 e. The SMILES string of the molecule is NC(=O)c1cnc2c(c1N[C@@H]1[C@@H]3CC4C[C@@H](C3)[C@@H](O)[C@@H]1C4)C=CC2. The summed E-state index contributed by atoms with van der Waals surface area (Å²) in [5.41, 5.74) is 8.87. The minimum absolute atomic E-state index is 0.210. The number of nitrogens with zero attached hydrogens (tertiary/aromatic N) is 1. The van der Waals surface area contributed by atoms with E-state index in [-0.39, 0.29) is 18.1 Å². The molecular weight excluding hydrogens is 302 g/mol. The number of aromatic nitrogens is 1. The van der Waals surface area contributed by atoms with Crippen molar-refractivity contribution in [3.63, 3.8) is 0 Å². The van der Waals surface area contributed by atoms with Crippen molar-refractivity contribution in [1.29, 1.82) is 0 Å². The van der Waals surface area contributed by atoms with Crippen molar-refractivity contribution in [2.75, 3.05) is 5.32 Å². The number of hydrogen-bond donors (Lipinski definition) is 3. The summed E-state index contributed by atoms with van der Waals surface area (Å²) in [5, 5.41) is 14.3. The van der Waals surface area contributed by atoms with Gasteiger partial charge in [-0.15, -0.1) is 0 Å². The number of primary amides is 1. The first-order valence-electron chi connectivity index (χ1n) is 9.04. The van der Waals surface area contributed by atoms with Crippen LogP contribution in [0, 0.1) is 23.7 Å². The van der Waals surface area contributed by atoms with Crippen LogP contribution in [0.3, 0.4) is 0 Å². The number of aliphatic hydroxyl groups excluding tert-OH is 1. The second kappa shape index (κ2) is 5.06. The number of nitrogens with one attached hydrogen (secondary N) is 1. The molecule has 0 aliphatic heterocycles. The summed E-state index contributed by atoms with van der Waals surface area (Å²) in [4.78, 5) is 16.3. The van der Waals surface area contributed by atoms with Crippen molar-refractivity contribution < 1.29 is 9.90 Å². The molecule has 126 valence electrons.